The first kappa shape index (κ1) is 10.4. The van der Waals surface area contributed by atoms with Crippen molar-refractivity contribution in [2.45, 2.75) is 25.9 Å². The Bertz CT molecular complexity index is 195. The zero-order valence-electron chi connectivity index (χ0n) is 9.66. The van der Waals surface area contributed by atoms with Crippen molar-refractivity contribution in [3.63, 3.8) is 0 Å². The van der Waals surface area contributed by atoms with Gasteiger partial charge in [0.15, 0.2) is 0 Å². The fourth-order valence-electron chi connectivity index (χ4n) is 2.72. The molecule has 2 aliphatic rings. The monoisotopic (exact) mass is 197 g/mol. The standard InChI is InChI=1S/C11H23N3/c1-9-6-12-7-11-8-13(3)4-5-14(11)10(9)2/h9-12H,4-8H2,1-3H3/t9-,10-,11?/m1/s1. The zero-order chi connectivity index (χ0) is 10.1. The van der Waals surface area contributed by atoms with Gasteiger partial charge in [-0.25, -0.2) is 0 Å². The van der Waals surface area contributed by atoms with Gasteiger partial charge in [0.1, 0.15) is 0 Å². The lowest BCUT2D eigenvalue weighted by Gasteiger charge is -2.42. The Morgan fingerprint density at radius 2 is 1.93 bits per heavy atom. The van der Waals surface area contributed by atoms with Crippen molar-refractivity contribution in [1.82, 2.24) is 15.1 Å². The highest BCUT2D eigenvalue weighted by Crippen LogP contribution is 2.19. The molecule has 0 spiro atoms. The molecule has 0 saturated carbocycles. The maximum atomic E-state index is 3.58. The van der Waals surface area contributed by atoms with Crippen LogP contribution in [0.1, 0.15) is 13.8 Å². The fraction of sp³-hybridized carbons (Fsp3) is 1.00. The molecule has 0 amide bonds. The summed E-state index contributed by atoms with van der Waals surface area (Å²) < 4.78 is 0. The van der Waals surface area contributed by atoms with Gasteiger partial charge in [-0.3, -0.25) is 4.90 Å². The van der Waals surface area contributed by atoms with Crippen LogP contribution in [-0.2, 0) is 0 Å². The molecule has 3 heteroatoms. The largest absolute Gasteiger partial charge is 0.315 e. The minimum absolute atomic E-state index is 0.730. The molecule has 14 heavy (non-hydrogen) atoms. The van der Waals surface area contributed by atoms with Gasteiger partial charge in [-0.2, -0.15) is 0 Å². The van der Waals surface area contributed by atoms with E-state index in [2.05, 4.69) is 36.0 Å². The van der Waals surface area contributed by atoms with Crippen LogP contribution < -0.4 is 5.32 Å². The Morgan fingerprint density at radius 1 is 1.14 bits per heavy atom. The van der Waals surface area contributed by atoms with E-state index in [1.165, 1.54) is 32.7 Å². The molecule has 0 aromatic heterocycles. The highest BCUT2D eigenvalue weighted by molar-refractivity contribution is 4.90. The van der Waals surface area contributed by atoms with E-state index in [0.29, 0.717) is 0 Å². The van der Waals surface area contributed by atoms with Crippen molar-refractivity contribution in [3.8, 4) is 0 Å². The number of nitrogens with one attached hydrogen (secondary N) is 1. The van der Waals surface area contributed by atoms with Gasteiger partial charge in [-0.15, -0.1) is 0 Å². The number of fused-ring (bicyclic) bond motifs is 1. The summed E-state index contributed by atoms with van der Waals surface area (Å²) in [7, 11) is 2.23. The van der Waals surface area contributed by atoms with Crippen molar-refractivity contribution >= 4 is 0 Å². The van der Waals surface area contributed by atoms with E-state index in [-0.39, 0.29) is 0 Å². The average Bonchev–Trinajstić information content (AvgIpc) is 2.28. The lowest BCUT2D eigenvalue weighted by atomic mass is 10.0. The molecule has 0 aromatic carbocycles. The van der Waals surface area contributed by atoms with Crippen LogP contribution in [0.5, 0.6) is 0 Å². The molecule has 1 N–H and O–H groups in total. The Hall–Kier alpha value is -0.120. The van der Waals surface area contributed by atoms with Crippen LogP contribution in [0.25, 0.3) is 0 Å². The van der Waals surface area contributed by atoms with Crippen LogP contribution in [0.4, 0.5) is 0 Å². The molecular weight excluding hydrogens is 174 g/mol. The average molecular weight is 197 g/mol. The minimum Gasteiger partial charge on any atom is -0.315 e. The predicted molar refractivity (Wildman–Crippen MR) is 59.5 cm³/mol. The van der Waals surface area contributed by atoms with Crippen molar-refractivity contribution in [2.75, 3.05) is 39.8 Å². The molecular formula is C11H23N3. The molecule has 2 rings (SSSR count). The van der Waals surface area contributed by atoms with Crippen LogP contribution in [0.3, 0.4) is 0 Å². The highest BCUT2D eigenvalue weighted by Gasteiger charge is 2.32. The van der Waals surface area contributed by atoms with Crippen LogP contribution in [0.15, 0.2) is 0 Å². The highest BCUT2D eigenvalue weighted by atomic mass is 15.3. The quantitative estimate of drug-likeness (QED) is 0.600. The summed E-state index contributed by atoms with van der Waals surface area (Å²) >= 11 is 0. The second kappa shape index (κ2) is 4.17. The third-order valence-corrected chi connectivity index (χ3v) is 3.92. The van der Waals surface area contributed by atoms with E-state index >= 15 is 0 Å². The SMILES string of the molecule is C[C@@H]1CNCC2CN(C)CCN2[C@@H]1C. The normalized spacial score (nSPS) is 41.8. The summed E-state index contributed by atoms with van der Waals surface area (Å²) in [5.74, 6) is 0.781. The number of rotatable bonds is 0. The van der Waals surface area contributed by atoms with Crippen LogP contribution in [0.2, 0.25) is 0 Å². The van der Waals surface area contributed by atoms with Gasteiger partial charge >= 0.3 is 0 Å². The van der Waals surface area contributed by atoms with E-state index in [1.807, 2.05) is 0 Å². The molecule has 0 aliphatic carbocycles. The van der Waals surface area contributed by atoms with E-state index in [0.717, 1.165) is 18.0 Å². The van der Waals surface area contributed by atoms with Crippen molar-refractivity contribution in [2.24, 2.45) is 5.92 Å². The van der Waals surface area contributed by atoms with Gasteiger partial charge in [0.25, 0.3) is 0 Å². The minimum atomic E-state index is 0.730. The third-order valence-electron chi connectivity index (χ3n) is 3.92. The molecule has 3 nitrogen and oxygen atoms in total. The van der Waals surface area contributed by atoms with Crippen molar-refractivity contribution in [1.29, 1.82) is 0 Å². The number of hydrogen-bond acceptors (Lipinski definition) is 3. The molecule has 0 radical (unpaired) electrons. The molecule has 2 aliphatic heterocycles. The Morgan fingerprint density at radius 3 is 2.71 bits per heavy atom. The predicted octanol–water partition coefficient (Wildman–Crippen LogP) is 0.230. The van der Waals surface area contributed by atoms with Crippen LogP contribution >= 0.6 is 0 Å². The summed E-state index contributed by atoms with van der Waals surface area (Å²) in [6.45, 7) is 10.8. The first-order chi connectivity index (χ1) is 6.68. The van der Waals surface area contributed by atoms with E-state index in [1.54, 1.807) is 0 Å². The molecule has 2 heterocycles. The molecule has 0 aromatic rings. The first-order valence-corrected chi connectivity index (χ1v) is 5.83. The van der Waals surface area contributed by atoms with E-state index in [9.17, 15) is 0 Å². The number of nitrogens with zero attached hydrogens (tertiary/aromatic N) is 2. The Labute approximate surface area is 87.4 Å². The van der Waals surface area contributed by atoms with Crippen LogP contribution in [-0.4, -0.2) is 61.7 Å². The second-order valence-electron chi connectivity index (χ2n) is 5.03. The van der Waals surface area contributed by atoms with E-state index in [4.69, 9.17) is 0 Å². The smallest absolute Gasteiger partial charge is 0.0351 e. The van der Waals surface area contributed by atoms with Gasteiger partial charge in [-0.05, 0) is 26.4 Å². The third kappa shape index (κ3) is 1.95. The summed E-state index contributed by atoms with van der Waals surface area (Å²) in [5, 5.41) is 3.58. The maximum absolute atomic E-state index is 3.58. The molecule has 1 unspecified atom stereocenters. The van der Waals surface area contributed by atoms with Crippen molar-refractivity contribution in [3.05, 3.63) is 0 Å². The van der Waals surface area contributed by atoms with Crippen molar-refractivity contribution < 1.29 is 0 Å². The number of piperazine rings is 1. The summed E-state index contributed by atoms with van der Waals surface area (Å²) in [6, 6.07) is 1.47. The van der Waals surface area contributed by atoms with Gasteiger partial charge in [0.2, 0.25) is 0 Å². The number of likely N-dealkylation sites (N-methyl/N-ethyl adjacent to an activating group) is 1. The Kier molecular flexibility index (Phi) is 3.10. The molecule has 82 valence electrons. The zero-order valence-corrected chi connectivity index (χ0v) is 9.66. The molecule has 0 bridgehead atoms. The summed E-state index contributed by atoms with van der Waals surface area (Å²) in [4.78, 5) is 5.15. The maximum Gasteiger partial charge on any atom is 0.0351 e. The lowest BCUT2D eigenvalue weighted by Crippen LogP contribution is -2.56. The first-order valence-electron chi connectivity index (χ1n) is 5.83. The van der Waals surface area contributed by atoms with E-state index < -0.39 is 0 Å². The van der Waals surface area contributed by atoms with Gasteiger partial charge in [0, 0.05) is 38.3 Å². The van der Waals surface area contributed by atoms with Gasteiger partial charge < -0.3 is 10.2 Å². The Balaban J connectivity index is 2.06. The molecule has 2 fully saturated rings. The molecule has 3 atom stereocenters. The van der Waals surface area contributed by atoms with Gasteiger partial charge in [-0.1, -0.05) is 6.92 Å². The number of hydrogen-bond donors (Lipinski definition) is 1. The fourth-order valence-corrected chi connectivity index (χ4v) is 2.72. The van der Waals surface area contributed by atoms with Crippen LogP contribution in [0, 0.1) is 5.92 Å². The van der Waals surface area contributed by atoms with Gasteiger partial charge in [0.05, 0.1) is 0 Å². The lowest BCUT2D eigenvalue weighted by molar-refractivity contribution is 0.0543. The summed E-state index contributed by atoms with van der Waals surface area (Å²) in [5.41, 5.74) is 0. The molecule has 2 saturated heterocycles. The second-order valence-corrected chi connectivity index (χ2v) is 5.03. The summed E-state index contributed by atoms with van der Waals surface area (Å²) in [6.07, 6.45) is 0. The topological polar surface area (TPSA) is 18.5 Å².